The molecule has 2 aromatic carbocycles. The van der Waals surface area contributed by atoms with Gasteiger partial charge in [-0.2, -0.15) is 0 Å². The van der Waals surface area contributed by atoms with Crippen molar-refractivity contribution >= 4 is 10.0 Å². The van der Waals surface area contributed by atoms with Crippen LogP contribution in [0, 0.1) is 11.6 Å². The van der Waals surface area contributed by atoms with Crippen LogP contribution in [0.1, 0.15) is 11.5 Å². The highest BCUT2D eigenvalue weighted by Crippen LogP contribution is 2.20. The van der Waals surface area contributed by atoms with Crippen molar-refractivity contribution < 1.29 is 21.6 Å². The van der Waals surface area contributed by atoms with E-state index >= 15 is 0 Å². The molecule has 1 aromatic heterocycles. The predicted molar refractivity (Wildman–Crippen MR) is 90.4 cm³/mol. The minimum absolute atomic E-state index is 0.0345. The average molecular weight is 379 g/mol. The Morgan fingerprint density at radius 1 is 1.00 bits per heavy atom. The Morgan fingerprint density at radius 2 is 1.73 bits per heavy atom. The third-order valence-corrected chi connectivity index (χ3v) is 4.86. The van der Waals surface area contributed by atoms with Crippen LogP contribution < -0.4 is 4.72 Å². The van der Waals surface area contributed by atoms with Gasteiger partial charge in [-0.15, -0.1) is 10.2 Å². The van der Waals surface area contributed by atoms with Gasteiger partial charge in [0.05, 0.1) is 11.3 Å². The van der Waals surface area contributed by atoms with Crippen LogP contribution in [-0.4, -0.2) is 25.2 Å². The molecule has 1 N–H and O–H groups in total. The van der Waals surface area contributed by atoms with E-state index < -0.39 is 21.7 Å². The normalized spacial score (nSPS) is 11.6. The molecule has 0 saturated carbocycles. The first kappa shape index (κ1) is 18.2. The van der Waals surface area contributed by atoms with Crippen LogP contribution in [0.2, 0.25) is 0 Å². The molecule has 0 saturated heterocycles. The molecular formula is C17H15F2N3O3S. The highest BCUT2D eigenvalue weighted by atomic mass is 32.2. The molecule has 0 radical (unpaired) electrons. The number of benzene rings is 2. The van der Waals surface area contributed by atoms with Gasteiger partial charge in [0.2, 0.25) is 15.9 Å². The lowest BCUT2D eigenvalue weighted by atomic mass is 10.2. The van der Waals surface area contributed by atoms with Crippen molar-refractivity contribution in [3.63, 3.8) is 0 Å². The molecule has 0 atom stereocenters. The lowest BCUT2D eigenvalue weighted by Crippen LogP contribution is -2.27. The molecule has 0 bridgehead atoms. The molecule has 9 heteroatoms. The molecule has 0 fully saturated rings. The van der Waals surface area contributed by atoms with E-state index in [1.165, 1.54) is 36.4 Å². The Hall–Kier alpha value is -2.65. The Kier molecular flexibility index (Phi) is 5.38. The van der Waals surface area contributed by atoms with Crippen LogP contribution in [-0.2, 0) is 22.2 Å². The van der Waals surface area contributed by atoms with Crippen molar-refractivity contribution in [3.8, 4) is 11.5 Å². The van der Waals surface area contributed by atoms with Crippen molar-refractivity contribution in [1.29, 1.82) is 0 Å². The lowest BCUT2D eigenvalue weighted by Gasteiger charge is -2.05. The number of aromatic nitrogens is 2. The fourth-order valence-corrected chi connectivity index (χ4v) is 3.41. The maximum atomic E-state index is 13.7. The Bertz CT molecular complexity index is 988. The van der Waals surface area contributed by atoms with Crippen LogP contribution >= 0.6 is 0 Å². The summed E-state index contributed by atoms with van der Waals surface area (Å²) in [5.74, 6) is -0.957. The Morgan fingerprint density at radius 3 is 2.46 bits per heavy atom. The number of hydrogen-bond acceptors (Lipinski definition) is 5. The SMILES string of the molecule is O=S(=O)(Cc1ccc(F)cc1)NCCc1nnc(-c2ccccc2F)o1. The minimum Gasteiger partial charge on any atom is -0.421 e. The van der Waals surface area contributed by atoms with Gasteiger partial charge in [0.25, 0.3) is 5.89 Å². The summed E-state index contributed by atoms with van der Waals surface area (Å²) in [5.41, 5.74) is 0.654. The number of halogens is 2. The summed E-state index contributed by atoms with van der Waals surface area (Å²) >= 11 is 0. The van der Waals surface area contributed by atoms with E-state index in [4.69, 9.17) is 4.42 Å². The third-order valence-electron chi connectivity index (χ3n) is 3.50. The molecule has 3 rings (SSSR count). The molecule has 0 aliphatic heterocycles. The zero-order valence-electron chi connectivity index (χ0n) is 13.5. The largest absolute Gasteiger partial charge is 0.421 e. The fraction of sp³-hybridized carbons (Fsp3) is 0.176. The molecular weight excluding hydrogens is 364 g/mol. The van der Waals surface area contributed by atoms with E-state index in [2.05, 4.69) is 14.9 Å². The fourth-order valence-electron chi connectivity index (χ4n) is 2.26. The van der Waals surface area contributed by atoms with Crippen molar-refractivity contribution in [1.82, 2.24) is 14.9 Å². The summed E-state index contributed by atoms with van der Waals surface area (Å²) in [6, 6.07) is 11.2. The molecule has 26 heavy (non-hydrogen) atoms. The summed E-state index contributed by atoms with van der Waals surface area (Å²) in [6.07, 6.45) is 0.157. The van der Waals surface area contributed by atoms with Crippen LogP contribution in [0.5, 0.6) is 0 Å². The van der Waals surface area contributed by atoms with Crippen LogP contribution in [0.25, 0.3) is 11.5 Å². The molecule has 136 valence electrons. The van der Waals surface area contributed by atoms with E-state index in [0.717, 1.165) is 0 Å². The van der Waals surface area contributed by atoms with E-state index in [9.17, 15) is 17.2 Å². The van der Waals surface area contributed by atoms with Crippen molar-refractivity contribution in [2.75, 3.05) is 6.54 Å². The second-order valence-corrected chi connectivity index (χ2v) is 7.32. The van der Waals surface area contributed by atoms with Crippen molar-refractivity contribution in [2.24, 2.45) is 0 Å². The first-order valence-electron chi connectivity index (χ1n) is 7.72. The average Bonchev–Trinajstić information content (AvgIpc) is 3.05. The predicted octanol–water partition coefficient (Wildman–Crippen LogP) is 2.68. The van der Waals surface area contributed by atoms with Gasteiger partial charge in [0.1, 0.15) is 11.6 Å². The summed E-state index contributed by atoms with van der Waals surface area (Å²) in [6.45, 7) is 0.0441. The maximum absolute atomic E-state index is 13.7. The molecule has 0 aliphatic carbocycles. The van der Waals surface area contributed by atoms with Gasteiger partial charge in [-0.05, 0) is 29.8 Å². The monoisotopic (exact) mass is 379 g/mol. The summed E-state index contributed by atoms with van der Waals surface area (Å²) in [4.78, 5) is 0. The molecule has 1 heterocycles. The number of sulfonamides is 1. The number of hydrogen-bond donors (Lipinski definition) is 1. The molecule has 0 amide bonds. The molecule has 0 unspecified atom stereocenters. The van der Waals surface area contributed by atoms with Crippen LogP contribution in [0.4, 0.5) is 8.78 Å². The van der Waals surface area contributed by atoms with E-state index in [1.54, 1.807) is 12.1 Å². The zero-order chi connectivity index (χ0) is 18.6. The number of rotatable bonds is 7. The second kappa shape index (κ2) is 7.71. The quantitative estimate of drug-likeness (QED) is 0.682. The van der Waals surface area contributed by atoms with E-state index in [-0.39, 0.29) is 36.1 Å². The van der Waals surface area contributed by atoms with Gasteiger partial charge in [-0.25, -0.2) is 21.9 Å². The van der Waals surface area contributed by atoms with Gasteiger partial charge in [0.15, 0.2) is 0 Å². The molecule has 6 nitrogen and oxygen atoms in total. The summed E-state index contributed by atoms with van der Waals surface area (Å²) < 4.78 is 58.3. The first-order chi connectivity index (χ1) is 12.4. The highest BCUT2D eigenvalue weighted by molar-refractivity contribution is 7.88. The van der Waals surface area contributed by atoms with Gasteiger partial charge in [-0.1, -0.05) is 24.3 Å². The highest BCUT2D eigenvalue weighted by Gasteiger charge is 2.14. The summed E-state index contributed by atoms with van der Waals surface area (Å²) in [7, 11) is -3.59. The van der Waals surface area contributed by atoms with Crippen LogP contribution in [0.15, 0.2) is 52.9 Å². The molecule has 0 aliphatic rings. The Labute approximate surface area is 148 Å². The zero-order valence-corrected chi connectivity index (χ0v) is 14.3. The van der Waals surface area contributed by atoms with Crippen molar-refractivity contribution in [3.05, 3.63) is 71.6 Å². The maximum Gasteiger partial charge on any atom is 0.250 e. The lowest BCUT2D eigenvalue weighted by molar-refractivity contribution is 0.498. The molecule has 0 spiro atoms. The second-order valence-electron chi connectivity index (χ2n) is 5.51. The third kappa shape index (κ3) is 4.70. The van der Waals surface area contributed by atoms with Gasteiger partial charge in [0, 0.05) is 13.0 Å². The van der Waals surface area contributed by atoms with Crippen LogP contribution in [0.3, 0.4) is 0 Å². The van der Waals surface area contributed by atoms with Crippen molar-refractivity contribution in [2.45, 2.75) is 12.2 Å². The Balaban J connectivity index is 1.56. The number of nitrogens with one attached hydrogen (secondary N) is 1. The van der Waals surface area contributed by atoms with E-state index in [0.29, 0.717) is 5.56 Å². The van der Waals surface area contributed by atoms with Gasteiger partial charge < -0.3 is 4.42 Å². The number of nitrogens with zero attached hydrogens (tertiary/aromatic N) is 2. The summed E-state index contributed by atoms with van der Waals surface area (Å²) in [5, 5.41) is 7.56. The first-order valence-corrected chi connectivity index (χ1v) is 9.37. The standard InChI is InChI=1S/C17H15F2N3O3S/c18-13-7-5-12(6-8-13)11-26(23,24)20-10-9-16-21-22-17(25-16)14-3-1-2-4-15(14)19/h1-8,20H,9-11H2. The minimum atomic E-state index is -3.59. The van der Waals surface area contributed by atoms with Gasteiger partial charge >= 0.3 is 0 Å². The molecule has 3 aromatic rings. The topological polar surface area (TPSA) is 85.1 Å². The smallest absolute Gasteiger partial charge is 0.250 e. The van der Waals surface area contributed by atoms with Gasteiger partial charge in [-0.3, -0.25) is 0 Å². The van der Waals surface area contributed by atoms with E-state index in [1.807, 2.05) is 0 Å².